The average Bonchev–Trinajstić information content (AvgIpc) is 1.99. The molecule has 3 heteroatoms. The molecule has 0 N–H and O–H groups in total. The van der Waals surface area contributed by atoms with Crippen LogP contribution in [0.3, 0.4) is 0 Å². The molecule has 0 heterocycles. The zero-order chi connectivity index (χ0) is 8.27. The number of nitrogens with zero attached hydrogens (tertiary/aromatic N) is 2. The number of aryl methyl sites for hydroxylation is 1. The Morgan fingerprint density at radius 3 is 2.64 bits per heavy atom. The van der Waals surface area contributed by atoms with Crippen molar-refractivity contribution in [3.63, 3.8) is 0 Å². The Bertz CT molecular complexity index is 281. The van der Waals surface area contributed by atoms with Crippen LogP contribution in [0.15, 0.2) is 27.4 Å². The zero-order valence-electron chi connectivity index (χ0n) is 6.70. The fraction of sp³-hybridized carbons (Fsp3) is 0.250. The van der Waals surface area contributed by atoms with Crippen LogP contribution in [0.4, 0.5) is 5.69 Å². The molecule has 0 bridgehead atoms. The van der Waals surface area contributed by atoms with Crippen LogP contribution < -0.4 is 0 Å². The Balaban J connectivity index is 3.16. The molecule has 0 saturated carbocycles. The van der Waals surface area contributed by atoms with Crippen molar-refractivity contribution in [1.29, 1.82) is 0 Å². The number of hydrogen-bond donors (Lipinski definition) is 0. The molecule has 1 aromatic carbocycles. The second-order valence-corrected chi connectivity index (χ2v) is 2.67. The Morgan fingerprint density at radius 2 is 2.00 bits per heavy atom. The maximum absolute atomic E-state index is 3.96. The summed E-state index contributed by atoms with van der Waals surface area (Å²) < 4.78 is 3.65. The van der Waals surface area contributed by atoms with Crippen molar-refractivity contribution in [2.45, 2.75) is 13.8 Å². The Kier molecular flexibility index (Phi) is 2.81. The summed E-state index contributed by atoms with van der Waals surface area (Å²) in [6.07, 6.45) is 0. The minimum atomic E-state index is 0.944. The first kappa shape index (κ1) is 8.45. The second kappa shape index (κ2) is 3.66. The molecule has 0 saturated heterocycles. The van der Waals surface area contributed by atoms with E-state index in [1.807, 2.05) is 19.1 Å². The topological polar surface area (TPSA) is 24.7 Å². The Labute approximate surface area is 75.0 Å². The van der Waals surface area contributed by atoms with E-state index >= 15 is 0 Å². The van der Waals surface area contributed by atoms with E-state index in [1.165, 1.54) is 11.1 Å². The van der Waals surface area contributed by atoms with Gasteiger partial charge in [0.25, 0.3) is 0 Å². The van der Waals surface area contributed by atoms with Gasteiger partial charge in [0.05, 0.1) is 0 Å². The van der Waals surface area contributed by atoms with Crippen LogP contribution in [0.1, 0.15) is 11.1 Å². The molecule has 0 spiro atoms. The summed E-state index contributed by atoms with van der Waals surface area (Å²) in [7, 11) is 0. The molecule has 0 aliphatic heterocycles. The molecule has 1 aromatic rings. The van der Waals surface area contributed by atoms with Crippen LogP contribution >= 0.6 is 0 Å². The first-order valence-electron chi connectivity index (χ1n) is 3.43. The molecular weight excluding hydrogens is 151 g/mol. The van der Waals surface area contributed by atoms with Gasteiger partial charge in [-0.15, -0.1) is 0 Å². The quantitative estimate of drug-likeness (QED) is 0.445. The van der Waals surface area contributed by atoms with Crippen LogP contribution in [0.2, 0.25) is 0 Å². The van der Waals surface area contributed by atoms with Gasteiger partial charge in [0.2, 0.25) is 0 Å². The molecule has 0 fully saturated rings. The molecule has 1 rings (SSSR count). The molecule has 0 unspecified atom stereocenters. The van der Waals surface area contributed by atoms with E-state index in [2.05, 4.69) is 38.7 Å². The Morgan fingerprint density at radius 1 is 1.27 bits per heavy atom. The van der Waals surface area contributed by atoms with Crippen LogP contribution in [0.5, 0.6) is 0 Å². The molecular formula is C8H9AlN2+2. The first-order chi connectivity index (χ1) is 5.25. The van der Waals surface area contributed by atoms with E-state index in [0.717, 1.165) is 5.69 Å². The summed E-state index contributed by atoms with van der Waals surface area (Å²) in [4.78, 5) is 0. The maximum atomic E-state index is 3.96. The van der Waals surface area contributed by atoms with Gasteiger partial charge in [0, 0.05) is 0 Å². The number of rotatable bonds is 1. The fourth-order valence-corrected chi connectivity index (χ4v) is 1.03. The van der Waals surface area contributed by atoms with Crippen molar-refractivity contribution in [2.75, 3.05) is 0 Å². The molecule has 0 radical (unpaired) electrons. The molecule has 52 valence electrons. The van der Waals surface area contributed by atoms with Crippen molar-refractivity contribution in [3.8, 4) is 0 Å². The summed E-state index contributed by atoms with van der Waals surface area (Å²) in [5.41, 5.74) is 3.39. The predicted octanol–water partition coefficient (Wildman–Crippen LogP) is 2.47. The van der Waals surface area contributed by atoms with Gasteiger partial charge >= 0.3 is 74.6 Å². The van der Waals surface area contributed by atoms with Crippen LogP contribution in [-0.4, -0.2) is 16.5 Å². The molecule has 0 amide bonds. The van der Waals surface area contributed by atoms with E-state index in [4.69, 9.17) is 0 Å². The zero-order valence-corrected chi connectivity index (χ0v) is 7.86. The van der Waals surface area contributed by atoms with Gasteiger partial charge in [-0.2, -0.15) is 0 Å². The summed E-state index contributed by atoms with van der Waals surface area (Å²) in [6, 6.07) is 6.00. The van der Waals surface area contributed by atoms with E-state index in [1.54, 1.807) is 0 Å². The molecule has 0 aliphatic carbocycles. The normalized spacial score (nSPS) is 10.9. The standard InChI is InChI=1S/C8H9N2.Al/c1-6-4-3-5-8(10-9)7(6)2;/h3-5H,1-2H3;/q-1;+3. The monoisotopic (exact) mass is 160 g/mol. The van der Waals surface area contributed by atoms with Crippen LogP contribution in [0, 0.1) is 13.8 Å². The van der Waals surface area contributed by atoms with Crippen molar-refractivity contribution in [2.24, 2.45) is 9.21 Å². The van der Waals surface area contributed by atoms with Gasteiger partial charge < -0.3 is 0 Å². The van der Waals surface area contributed by atoms with Gasteiger partial charge in [-0.3, -0.25) is 0 Å². The van der Waals surface area contributed by atoms with E-state index < -0.39 is 0 Å². The van der Waals surface area contributed by atoms with Crippen LogP contribution in [0.25, 0.3) is 0 Å². The summed E-state index contributed by atoms with van der Waals surface area (Å²) in [5, 5.41) is 3.96. The summed E-state index contributed by atoms with van der Waals surface area (Å²) in [6.45, 7) is 4.11. The van der Waals surface area contributed by atoms with Gasteiger partial charge in [0.15, 0.2) is 0 Å². The van der Waals surface area contributed by atoms with Crippen molar-refractivity contribution < 1.29 is 0 Å². The van der Waals surface area contributed by atoms with E-state index in [-0.39, 0.29) is 0 Å². The molecule has 0 aromatic heterocycles. The third-order valence-corrected chi connectivity index (χ3v) is 1.86. The van der Waals surface area contributed by atoms with Crippen LogP contribution in [-0.2, 0) is 0 Å². The molecule has 11 heavy (non-hydrogen) atoms. The van der Waals surface area contributed by atoms with Gasteiger partial charge in [-0.05, 0) is 0 Å². The van der Waals surface area contributed by atoms with E-state index in [0.29, 0.717) is 0 Å². The fourth-order valence-electron chi connectivity index (χ4n) is 0.906. The third-order valence-electron chi connectivity index (χ3n) is 1.74. The summed E-state index contributed by atoms with van der Waals surface area (Å²) in [5.74, 6) is 0. The molecule has 2 nitrogen and oxygen atoms in total. The molecule has 0 aliphatic rings. The van der Waals surface area contributed by atoms with Crippen molar-refractivity contribution >= 4 is 22.2 Å². The van der Waals surface area contributed by atoms with E-state index in [9.17, 15) is 0 Å². The van der Waals surface area contributed by atoms with Crippen molar-refractivity contribution in [1.82, 2.24) is 0 Å². The minimum absolute atomic E-state index is 0.944. The molecule has 0 atom stereocenters. The Hall–Kier alpha value is -0.648. The second-order valence-electron chi connectivity index (χ2n) is 2.43. The third kappa shape index (κ3) is 1.89. The van der Waals surface area contributed by atoms with Gasteiger partial charge in [0.1, 0.15) is 0 Å². The first-order valence-corrected chi connectivity index (χ1v) is 3.94. The summed E-state index contributed by atoms with van der Waals surface area (Å²) >= 11 is 2.22. The van der Waals surface area contributed by atoms with Crippen molar-refractivity contribution in [3.05, 3.63) is 29.3 Å². The number of hydrogen-bond acceptors (Lipinski definition) is 2. The number of benzene rings is 1. The average molecular weight is 160 g/mol. The predicted molar refractivity (Wildman–Crippen MR) is 46.2 cm³/mol. The van der Waals surface area contributed by atoms with Gasteiger partial charge in [-0.25, -0.2) is 0 Å². The van der Waals surface area contributed by atoms with Gasteiger partial charge in [-0.1, -0.05) is 0 Å². The SMILES string of the molecule is Cc1cccc(N=[N][Al+2])c1C.